The summed E-state index contributed by atoms with van der Waals surface area (Å²) < 4.78 is 0. The molecule has 10 heavy (non-hydrogen) atoms. The van der Waals surface area contributed by atoms with Crippen molar-refractivity contribution in [1.82, 2.24) is 0 Å². The standard InChI is InChI=1S/C8H18O.Li.H/c1-2-3-4-5-6-7-8-9;;/h9H,2-8H2,1H3;;/q;+1;-1. The van der Waals surface area contributed by atoms with E-state index in [1.54, 1.807) is 0 Å². The zero-order valence-electron chi connectivity index (χ0n) is 8.40. The third-order valence-electron chi connectivity index (χ3n) is 1.51. The van der Waals surface area contributed by atoms with E-state index in [4.69, 9.17) is 5.11 Å². The molecule has 0 saturated heterocycles. The van der Waals surface area contributed by atoms with E-state index in [-0.39, 0.29) is 20.3 Å². The van der Waals surface area contributed by atoms with Crippen LogP contribution in [-0.2, 0) is 0 Å². The molecule has 0 rings (SSSR count). The second kappa shape index (κ2) is 12.3. The Morgan fingerprint density at radius 1 is 1.00 bits per heavy atom. The van der Waals surface area contributed by atoms with Crippen LogP contribution in [0.1, 0.15) is 46.9 Å². The molecule has 0 aromatic rings. The molecule has 0 spiro atoms. The van der Waals surface area contributed by atoms with Gasteiger partial charge < -0.3 is 6.53 Å². The van der Waals surface area contributed by atoms with Crippen molar-refractivity contribution in [2.45, 2.75) is 45.4 Å². The molecule has 1 nitrogen and oxygen atoms in total. The predicted octanol–water partition coefficient (Wildman–Crippen LogP) is -0.544. The van der Waals surface area contributed by atoms with Gasteiger partial charge in [0.1, 0.15) is 0 Å². The first kappa shape index (κ1) is 13.2. The molecule has 0 aliphatic rings. The van der Waals surface area contributed by atoms with E-state index >= 15 is 0 Å². The van der Waals surface area contributed by atoms with Crippen molar-refractivity contribution in [3.63, 3.8) is 0 Å². The molecule has 0 unspecified atom stereocenters. The van der Waals surface area contributed by atoms with Crippen molar-refractivity contribution in [3.8, 4) is 0 Å². The first-order chi connectivity index (χ1) is 4.41. The second-order valence-corrected chi connectivity index (χ2v) is 2.49. The van der Waals surface area contributed by atoms with Crippen LogP contribution in [0.25, 0.3) is 0 Å². The zero-order valence-corrected chi connectivity index (χ0v) is 7.40. The minimum Gasteiger partial charge on any atom is -1.00 e. The van der Waals surface area contributed by atoms with Crippen LogP contribution in [0.4, 0.5) is 0 Å². The van der Waals surface area contributed by atoms with Crippen LogP contribution in [0.15, 0.2) is 0 Å². The maximum absolute atomic E-state index is 8.42. The van der Waals surface area contributed by atoms with E-state index in [0.29, 0.717) is 6.61 Å². The summed E-state index contributed by atoms with van der Waals surface area (Å²) in [5.74, 6) is 0. The molecule has 0 aromatic heterocycles. The molecule has 2 heteroatoms. The average Bonchev–Trinajstić information content (AvgIpc) is 1.89. The van der Waals surface area contributed by atoms with Crippen LogP contribution < -0.4 is 18.9 Å². The molecule has 0 amide bonds. The number of aliphatic hydroxyl groups is 1. The Bertz CT molecular complexity index is 47.4. The Kier molecular flexibility index (Phi) is 16.1. The molecule has 58 valence electrons. The van der Waals surface area contributed by atoms with E-state index in [1.165, 1.54) is 32.1 Å². The maximum atomic E-state index is 8.42. The fourth-order valence-electron chi connectivity index (χ4n) is 0.892. The van der Waals surface area contributed by atoms with Crippen LogP contribution >= 0.6 is 0 Å². The minimum absolute atomic E-state index is 0. The van der Waals surface area contributed by atoms with Gasteiger partial charge in [-0.2, -0.15) is 0 Å². The molecule has 0 aromatic carbocycles. The second-order valence-electron chi connectivity index (χ2n) is 2.49. The third-order valence-corrected chi connectivity index (χ3v) is 1.51. The van der Waals surface area contributed by atoms with E-state index in [9.17, 15) is 0 Å². The maximum Gasteiger partial charge on any atom is 1.00 e. The molecule has 0 atom stereocenters. The minimum atomic E-state index is 0. The number of unbranched alkanes of at least 4 members (excludes halogenated alkanes) is 5. The van der Waals surface area contributed by atoms with E-state index in [0.717, 1.165) is 6.42 Å². The van der Waals surface area contributed by atoms with Gasteiger partial charge in [0.15, 0.2) is 0 Å². The third kappa shape index (κ3) is 11.4. The summed E-state index contributed by atoms with van der Waals surface area (Å²) in [6.45, 7) is 2.58. The first-order valence-corrected chi connectivity index (χ1v) is 4.02. The Morgan fingerprint density at radius 3 is 2.00 bits per heavy atom. The largest absolute Gasteiger partial charge is 1.00 e. The molecule has 0 fully saturated rings. The number of hydrogen-bond acceptors (Lipinski definition) is 1. The van der Waals surface area contributed by atoms with Gasteiger partial charge in [-0.15, -0.1) is 0 Å². The van der Waals surface area contributed by atoms with Gasteiger partial charge in [-0.3, -0.25) is 0 Å². The van der Waals surface area contributed by atoms with Gasteiger partial charge in [0.25, 0.3) is 0 Å². The summed E-state index contributed by atoms with van der Waals surface area (Å²) in [6, 6.07) is 0. The van der Waals surface area contributed by atoms with Gasteiger partial charge in [-0.1, -0.05) is 39.0 Å². The van der Waals surface area contributed by atoms with Crippen LogP contribution in [0.2, 0.25) is 0 Å². The number of hydrogen-bond donors (Lipinski definition) is 1. The quantitative estimate of drug-likeness (QED) is 0.386. The molecule has 0 saturated carbocycles. The Hall–Kier alpha value is 0.557. The average molecular weight is 138 g/mol. The Labute approximate surface area is 77.9 Å². The van der Waals surface area contributed by atoms with Gasteiger partial charge in [-0.25, -0.2) is 0 Å². The first-order valence-electron chi connectivity index (χ1n) is 4.02. The molecule has 0 bridgehead atoms. The molecule has 0 radical (unpaired) electrons. The summed E-state index contributed by atoms with van der Waals surface area (Å²) >= 11 is 0. The summed E-state index contributed by atoms with van der Waals surface area (Å²) in [6.07, 6.45) is 7.50. The fraction of sp³-hybridized carbons (Fsp3) is 1.00. The van der Waals surface area contributed by atoms with Gasteiger partial charge in [0, 0.05) is 6.61 Å². The molecule has 0 heterocycles. The Balaban J connectivity index is -0.000000320. The van der Waals surface area contributed by atoms with Crippen LogP contribution in [0.3, 0.4) is 0 Å². The van der Waals surface area contributed by atoms with Gasteiger partial charge in [0.2, 0.25) is 0 Å². The summed E-state index contributed by atoms with van der Waals surface area (Å²) in [4.78, 5) is 0. The fourth-order valence-corrected chi connectivity index (χ4v) is 0.892. The van der Waals surface area contributed by atoms with Crippen LogP contribution in [-0.4, -0.2) is 11.7 Å². The van der Waals surface area contributed by atoms with Crippen molar-refractivity contribution >= 4 is 0 Å². The number of aliphatic hydroxyl groups excluding tert-OH is 1. The van der Waals surface area contributed by atoms with Crippen molar-refractivity contribution in [3.05, 3.63) is 0 Å². The molecular formula is C8H19LiO. The zero-order chi connectivity index (χ0) is 6.95. The molecule has 0 aliphatic heterocycles. The van der Waals surface area contributed by atoms with Crippen molar-refractivity contribution in [1.29, 1.82) is 0 Å². The van der Waals surface area contributed by atoms with Crippen molar-refractivity contribution < 1.29 is 25.4 Å². The van der Waals surface area contributed by atoms with Gasteiger partial charge in [-0.05, 0) is 6.42 Å². The molecule has 1 N–H and O–H groups in total. The monoisotopic (exact) mass is 138 g/mol. The normalized spacial score (nSPS) is 9.00. The van der Waals surface area contributed by atoms with Crippen molar-refractivity contribution in [2.75, 3.05) is 6.61 Å². The topological polar surface area (TPSA) is 20.2 Å². The predicted molar refractivity (Wildman–Crippen MR) is 41.6 cm³/mol. The number of rotatable bonds is 6. The van der Waals surface area contributed by atoms with E-state index in [1.807, 2.05) is 0 Å². The summed E-state index contributed by atoms with van der Waals surface area (Å²) in [5.41, 5.74) is 0. The van der Waals surface area contributed by atoms with Gasteiger partial charge >= 0.3 is 18.9 Å². The van der Waals surface area contributed by atoms with Crippen LogP contribution in [0.5, 0.6) is 0 Å². The van der Waals surface area contributed by atoms with Gasteiger partial charge in [0.05, 0.1) is 0 Å². The van der Waals surface area contributed by atoms with Crippen LogP contribution in [0, 0.1) is 0 Å². The molecule has 0 aliphatic carbocycles. The van der Waals surface area contributed by atoms with Crippen molar-refractivity contribution in [2.24, 2.45) is 0 Å². The van der Waals surface area contributed by atoms with E-state index in [2.05, 4.69) is 6.92 Å². The SMILES string of the molecule is CCCCCCCCO.[H-].[Li+]. The van der Waals surface area contributed by atoms with E-state index < -0.39 is 0 Å². The smallest absolute Gasteiger partial charge is 1.00 e. The Morgan fingerprint density at radius 2 is 1.50 bits per heavy atom. The summed E-state index contributed by atoms with van der Waals surface area (Å²) in [7, 11) is 0. The molecular weight excluding hydrogens is 119 g/mol. The summed E-state index contributed by atoms with van der Waals surface area (Å²) in [5, 5.41) is 8.42.